The summed E-state index contributed by atoms with van der Waals surface area (Å²) < 4.78 is 0. The Morgan fingerprint density at radius 1 is 1.44 bits per heavy atom. The number of carbonyl (C=O) groups is 1. The predicted molar refractivity (Wildman–Crippen MR) is 72.0 cm³/mol. The van der Waals surface area contributed by atoms with Crippen molar-refractivity contribution in [3.8, 4) is 0 Å². The van der Waals surface area contributed by atoms with E-state index in [1.165, 1.54) is 11.3 Å². The van der Waals surface area contributed by atoms with E-state index in [2.05, 4.69) is 13.8 Å². The van der Waals surface area contributed by atoms with Gasteiger partial charge in [0.2, 0.25) is 0 Å². The standard InChI is InChI=1S/C14H20O3S/c1-9(2)10-3-6-14(17,7-4-10)12-11(13(15)16)5-8-18-12/h5,8-10,17H,3-4,6-7H2,1-2H3,(H,15,16). The third kappa shape index (κ3) is 2.45. The average molecular weight is 268 g/mol. The number of carboxylic acids is 1. The molecule has 4 heteroatoms. The summed E-state index contributed by atoms with van der Waals surface area (Å²) in [4.78, 5) is 11.8. The summed E-state index contributed by atoms with van der Waals surface area (Å²) in [5.74, 6) is 0.348. The summed E-state index contributed by atoms with van der Waals surface area (Å²) in [6.07, 6.45) is 3.31. The summed E-state index contributed by atoms with van der Waals surface area (Å²) in [6, 6.07) is 1.59. The predicted octanol–water partition coefficient (Wildman–Crippen LogP) is 3.48. The van der Waals surface area contributed by atoms with Gasteiger partial charge in [0.25, 0.3) is 0 Å². The molecule has 2 rings (SSSR count). The maximum atomic E-state index is 11.1. The Morgan fingerprint density at radius 2 is 2.06 bits per heavy atom. The maximum absolute atomic E-state index is 11.1. The molecular weight excluding hydrogens is 248 g/mol. The zero-order valence-electron chi connectivity index (χ0n) is 10.8. The van der Waals surface area contributed by atoms with Crippen LogP contribution in [0.2, 0.25) is 0 Å². The molecule has 1 saturated carbocycles. The summed E-state index contributed by atoms with van der Waals surface area (Å²) in [5, 5.41) is 21.6. The molecule has 0 unspecified atom stereocenters. The Balaban J connectivity index is 2.18. The highest BCUT2D eigenvalue weighted by Gasteiger charge is 2.38. The van der Waals surface area contributed by atoms with Gasteiger partial charge in [-0.15, -0.1) is 11.3 Å². The summed E-state index contributed by atoms with van der Waals surface area (Å²) >= 11 is 1.36. The number of rotatable bonds is 3. The maximum Gasteiger partial charge on any atom is 0.336 e. The molecule has 3 nitrogen and oxygen atoms in total. The summed E-state index contributed by atoms with van der Waals surface area (Å²) in [7, 11) is 0. The molecule has 0 radical (unpaired) electrons. The second-order valence-electron chi connectivity index (χ2n) is 5.58. The topological polar surface area (TPSA) is 57.5 Å². The summed E-state index contributed by atoms with van der Waals surface area (Å²) in [5.41, 5.74) is -0.654. The van der Waals surface area contributed by atoms with Gasteiger partial charge in [-0.2, -0.15) is 0 Å². The van der Waals surface area contributed by atoms with Crippen molar-refractivity contribution in [3.63, 3.8) is 0 Å². The highest BCUT2D eigenvalue weighted by atomic mass is 32.1. The Kier molecular flexibility index (Phi) is 3.78. The van der Waals surface area contributed by atoms with E-state index in [1.54, 1.807) is 11.4 Å². The van der Waals surface area contributed by atoms with E-state index in [4.69, 9.17) is 5.11 Å². The fraction of sp³-hybridized carbons (Fsp3) is 0.643. The van der Waals surface area contributed by atoms with Crippen LogP contribution in [0.15, 0.2) is 11.4 Å². The van der Waals surface area contributed by atoms with Gasteiger partial charge in [0.05, 0.1) is 16.0 Å². The molecule has 1 heterocycles. The van der Waals surface area contributed by atoms with Gasteiger partial charge in [0.1, 0.15) is 0 Å². The number of hydrogen-bond acceptors (Lipinski definition) is 3. The fourth-order valence-electron chi connectivity index (χ4n) is 2.85. The molecule has 0 aromatic carbocycles. The third-order valence-corrected chi connectivity index (χ3v) is 5.23. The smallest absolute Gasteiger partial charge is 0.336 e. The lowest BCUT2D eigenvalue weighted by atomic mass is 9.73. The van der Waals surface area contributed by atoms with Crippen LogP contribution in [-0.2, 0) is 5.60 Å². The van der Waals surface area contributed by atoms with Gasteiger partial charge in [0, 0.05) is 0 Å². The zero-order valence-corrected chi connectivity index (χ0v) is 11.7. The van der Waals surface area contributed by atoms with Crippen LogP contribution < -0.4 is 0 Å². The first-order chi connectivity index (χ1) is 8.44. The van der Waals surface area contributed by atoms with E-state index >= 15 is 0 Å². The molecule has 18 heavy (non-hydrogen) atoms. The van der Waals surface area contributed by atoms with E-state index in [0.717, 1.165) is 12.8 Å². The average Bonchev–Trinajstić information content (AvgIpc) is 2.79. The van der Waals surface area contributed by atoms with Gasteiger partial charge in [0.15, 0.2) is 0 Å². The zero-order chi connectivity index (χ0) is 13.3. The quantitative estimate of drug-likeness (QED) is 0.882. The van der Waals surface area contributed by atoms with Gasteiger partial charge in [-0.3, -0.25) is 0 Å². The molecule has 100 valence electrons. The van der Waals surface area contributed by atoms with Gasteiger partial charge in [-0.25, -0.2) is 4.79 Å². The molecule has 2 N–H and O–H groups in total. The third-order valence-electron chi connectivity index (χ3n) is 4.12. The van der Waals surface area contributed by atoms with Gasteiger partial charge >= 0.3 is 5.97 Å². The van der Waals surface area contributed by atoms with Crippen molar-refractivity contribution in [2.75, 3.05) is 0 Å². The second-order valence-corrected chi connectivity index (χ2v) is 6.50. The Labute approximate surface area is 111 Å². The SMILES string of the molecule is CC(C)C1CCC(O)(c2sccc2C(=O)O)CC1. The number of thiophene rings is 1. The van der Waals surface area contributed by atoms with E-state index in [0.29, 0.717) is 29.6 Å². The first-order valence-corrected chi connectivity index (χ1v) is 7.35. The molecule has 1 fully saturated rings. The Morgan fingerprint density at radius 3 is 2.56 bits per heavy atom. The van der Waals surface area contributed by atoms with E-state index in [-0.39, 0.29) is 5.56 Å². The number of hydrogen-bond donors (Lipinski definition) is 2. The number of aliphatic hydroxyl groups is 1. The van der Waals surface area contributed by atoms with Crippen LogP contribution in [0.5, 0.6) is 0 Å². The van der Waals surface area contributed by atoms with Gasteiger partial charge in [-0.1, -0.05) is 13.8 Å². The van der Waals surface area contributed by atoms with Crippen molar-refractivity contribution in [2.24, 2.45) is 11.8 Å². The highest BCUT2D eigenvalue weighted by Crippen LogP contribution is 2.44. The van der Waals surface area contributed by atoms with Crippen molar-refractivity contribution in [1.82, 2.24) is 0 Å². The molecule has 0 atom stereocenters. The lowest BCUT2D eigenvalue weighted by Gasteiger charge is -2.37. The number of aromatic carboxylic acids is 1. The molecule has 0 bridgehead atoms. The van der Waals surface area contributed by atoms with Crippen molar-refractivity contribution in [2.45, 2.75) is 45.1 Å². The lowest BCUT2D eigenvalue weighted by molar-refractivity contribution is -0.0177. The molecule has 0 saturated heterocycles. The van der Waals surface area contributed by atoms with E-state index in [9.17, 15) is 9.90 Å². The minimum atomic E-state index is -0.939. The molecular formula is C14H20O3S. The van der Waals surface area contributed by atoms with Crippen molar-refractivity contribution in [1.29, 1.82) is 0 Å². The monoisotopic (exact) mass is 268 g/mol. The molecule has 0 amide bonds. The first kappa shape index (κ1) is 13.6. The molecule has 0 aliphatic heterocycles. The van der Waals surface area contributed by atoms with Gasteiger partial charge in [-0.05, 0) is 49.0 Å². The Bertz CT molecular complexity index is 428. The largest absolute Gasteiger partial charge is 0.478 e. The molecule has 1 aromatic heterocycles. The first-order valence-electron chi connectivity index (χ1n) is 6.47. The molecule has 0 spiro atoms. The van der Waals surface area contributed by atoms with Crippen LogP contribution in [0, 0.1) is 11.8 Å². The number of carboxylic acid groups (broad SMARTS) is 1. The van der Waals surface area contributed by atoms with Crippen LogP contribution in [0.25, 0.3) is 0 Å². The fourth-order valence-corrected chi connectivity index (χ4v) is 3.90. The normalized spacial score (nSPS) is 28.6. The van der Waals surface area contributed by atoms with Crippen LogP contribution >= 0.6 is 11.3 Å². The van der Waals surface area contributed by atoms with Crippen LogP contribution in [0.3, 0.4) is 0 Å². The van der Waals surface area contributed by atoms with Crippen LogP contribution in [0.4, 0.5) is 0 Å². The molecule has 1 aliphatic carbocycles. The van der Waals surface area contributed by atoms with Crippen molar-refractivity contribution >= 4 is 17.3 Å². The van der Waals surface area contributed by atoms with Gasteiger partial charge < -0.3 is 10.2 Å². The second kappa shape index (κ2) is 5.02. The summed E-state index contributed by atoms with van der Waals surface area (Å²) in [6.45, 7) is 4.42. The minimum absolute atomic E-state index is 0.269. The van der Waals surface area contributed by atoms with E-state index < -0.39 is 11.6 Å². The lowest BCUT2D eigenvalue weighted by Crippen LogP contribution is -2.33. The van der Waals surface area contributed by atoms with E-state index in [1.807, 2.05) is 0 Å². The van der Waals surface area contributed by atoms with Crippen molar-refractivity contribution < 1.29 is 15.0 Å². The van der Waals surface area contributed by atoms with Crippen LogP contribution in [-0.4, -0.2) is 16.2 Å². The molecule has 1 aliphatic rings. The van der Waals surface area contributed by atoms with Crippen molar-refractivity contribution in [3.05, 3.63) is 21.9 Å². The highest BCUT2D eigenvalue weighted by molar-refractivity contribution is 7.10. The van der Waals surface area contributed by atoms with Crippen LogP contribution in [0.1, 0.15) is 54.8 Å². The molecule has 1 aromatic rings. The Hall–Kier alpha value is -0.870. The minimum Gasteiger partial charge on any atom is -0.478 e.